The van der Waals surface area contributed by atoms with E-state index >= 15 is 0 Å². The van der Waals surface area contributed by atoms with Crippen LogP contribution in [0.3, 0.4) is 0 Å². The zero-order valence-corrected chi connectivity index (χ0v) is 11.0. The smallest absolute Gasteiger partial charge is 0.319 e. The highest BCUT2D eigenvalue weighted by atomic mass is 35.5. The zero-order chi connectivity index (χ0) is 13.8. The van der Waals surface area contributed by atoms with E-state index in [1.54, 1.807) is 12.1 Å². The second-order valence-corrected chi connectivity index (χ2v) is 4.84. The highest BCUT2D eigenvalue weighted by molar-refractivity contribution is 6.32. The fourth-order valence-corrected chi connectivity index (χ4v) is 2.45. The van der Waals surface area contributed by atoms with Crippen LogP contribution in [0.25, 0.3) is 0 Å². The molecule has 1 heterocycles. The summed E-state index contributed by atoms with van der Waals surface area (Å²) < 4.78 is 0. The summed E-state index contributed by atoms with van der Waals surface area (Å²) in [6, 6.07) is 2.69. The van der Waals surface area contributed by atoms with Gasteiger partial charge in [-0.3, -0.25) is 4.79 Å². The van der Waals surface area contributed by atoms with Crippen LogP contribution in [0.1, 0.15) is 19.3 Å². The van der Waals surface area contributed by atoms with Crippen molar-refractivity contribution in [1.82, 2.24) is 10.3 Å². The number of aromatic nitrogens is 1. The second kappa shape index (κ2) is 5.88. The number of halogens is 1. The first-order chi connectivity index (χ1) is 9.08. The van der Waals surface area contributed by atoms with Gasteiger partial charge in [-0.2, -0.15) is 0 Å². The summed E-state index contributed by atoms with van der Waals surface area (Å²) in [5, 5.41) is 5.57. The molecule has 0 radical (unpaired) electrons. The van der Waals surface area contributed by atoms with Crippen LogP contribution < -0.4 is 16.4 Å². The van der Waals surface area contributed by atoms with Crippen LogP contribution in [0.15, 0.2) is 18.3 Å². The molecule has 1 aromatic rings. The Morgan fingerprint density at radius 2 is 2.21 bits per heavy atom. The van der Waals surface area contributed by atoms with Gasteiger partial charge >= 0.3 is 6.03 Å². The number of nitrogens with two attached hydrogens (primary N) is 1. The molecule has 0 saturated heterocycles. The van der Waals surface area contributed by atoms with Crippen molar-refractivity contribution in [2.45, 2.75) is 25.3 Å². The van der Waals surface area contributed by atoms with Crippen LogP contribution in [0, 0.1) is 5.92 Å². The minimum Gasteiger partial charge on any atom is -0.369 e. The van der Waals surface area contributed by atoms with E-state index in [2.05, 4.69) is 15.6 Å². The fourth-order valence-electron chi connectivity index (χ4n) is 2.28. The number of primary amides is 1. The minimum atomic E-state index is -0.409. The number of nitrogens with zero attached hydrogens (tertiary/aromatic N) is 1. The average molecular weight is 283 g/mol. The molecule has 0 aliphatic heterocycles. The maximum Gasteiger partial charge on any atom is 0.319 e. The first-order valence-corrected chi connectivity index (χ1v) is 6.43. The summed E-state index contributed by atoms with van der Waals surface area (Å²) in [5.41, 5.74) is 5.72. The van der Waals surface area contributed by atoms with E-state index in [-0.39, 0.29) is 23.0 Å². The van der Waals surface area contributed by atoms with Crippen LogP contribution in [0.4, 0.5) is 10.5 Å². The molecule has 1 saturated carbocycles. The van der Waals surface area contributed by atoms with Gasteiger partial charge in [-0.1, -0.05) is 18.0 Å². The number of carbonyl (C=O) groups is 2. The predicted octanol–water partition coefficient (Wildman–Crippen LogP) is 1.51. The first kappa shape index (κ1) is 13.6. The van der Waals surface area contributed by atoms with Gasteiger partial charge in [0, 0.05) is 12.2 Å². The lowest BCUT2D eigenvalue weighted by Gasteiger charge is -2.18. The molecule has 1 aliphatic rings. The third kappa shape index (κ3) is 3.35. The molecule has 0 aromatic carbocycles. The Morgan fingerprint density at radius 3 is 2.89 bits per heavy atom. The third-order valence-electron chi connectivity index (χ3n) is 3.21. The quantitative estimate of drug-likeness (QED) is 0.733. The van der Waals surface area contributed by atoms with Crippen LogP contribution in [-0.4, -0.2) is 23.0 Å². The molecule has 0 unspecified atom stereocenters. The van der Waals surface area contributed by atoms with E-state index in [0.717, 1.165) is 12.8 Å². The number of anilines is 1. The van der Waals surface area contributed by atoms with Crippen molar-refractivity contribution in [1.29, 1.82) is 0 Å². The van der Waals surface area contributed by atoms with Crippen molar-refractivity contribution in [2.75, 3.05) is 5.32 Å². The summed E-state index contributed by atoms with van der Waals surface area (Å²) in [7, 11) is 0. The molecule has 2 atom stereocenters. The largest absolute Gasteiger partial charge is 0.369 e. The summed E-state index contributed by atoms with van der Waals surface area (Å²) >= 11 is 5.84. The van der Waals surface area contributed by atoms with Crippen molar-refractivity contribution in [3.63, 3.8) is 0 Å². The minimum absolute atomic E-state index is 0.215. The number of carbonyl (C=O) groups excluding carboxylic acids is 2. The molecule has 2 rings (SSSR count). The Morgan fingerprint density at radius 1 is 1.42 bits per heavy atom. The number of nitrogens with one attached hydrogen (secondary N) is 2. The number of urea groups is 1. The number of amides is 3. The number of rotatable bonds is 3. The molecule has 1 aliphatic carbocycles. The van der Waals surface area contributed by atoms with E-state index in [1.807, 2.05) is 0 Å². The molecule has 1 fully saturated rings. The lowest BCUT2D eigenvalue weighted by molar-refractivity contribution is -0.122. The highest BCUT2D eigenvalue weighted by Gasteiger charge is 2.32. The molecular formula is C12H15ClN4O2. The lowest BCUT2D eigenvalue weighted by Crippen LogP contribution is -2.44. The van der Waals surface area contributed by atoms with Gasteiger partial charge in [-0.15, -0.1) is 0 Å². The molecule has 7 heteroatoms. The van der Waals surface area contributed by atoms with E-state index in [1.165, 1.54) is 6.20 Å². The summed E-state index contributed by atoms with van der Waals surface area (Å²) in [4.78, 5) is 26.9. The standard InChI is InChI=1S/C12H15ClN4O2/c13-10-9(5-2-6-15-10)17-12(19)16-8-4-1-3-7(8)11(14)18/h2,5-8H,1,3-4H2,(H2,14,18)(H2,16,17,19)/t7-,8+/m1/s1. The summed E-state index contributed by atoms with van der Waals surface area (Å²) in [6.45, 7) is 0. The zero-order valence-electron chi connectivity index (χ0n) is 10.2. The van der Waals surface area contributed by atoms with Gasteiger partial charge in [-0.05, 0) is 25.0 Å². The van der Waals surface area contributed by atoms with Crippen LogP contribution >= 0.6 is 11.6 Å². The van der Waals surface area contributed by atoms with Crippen LogP contribution in [-0.2, 0) is 4.79 Å². The van der Waals surface area contributed by atoms with Gasteiger partial charge in [0.1, 0.15) is 0 Å². The molecule has 0 bridgehead atoms. The monoisotopic (exact) mass is 282 g/mol. The Balaban J connectivity index is 1.95. The van der Waals surface area contributed by atoms with E-state index in [4.69, 9.17) is 17.3 Å². The summed E-state index contributed by atoms with van der Waals surface area (Å²) in [6.07, 6.45) is 3.88. The molecule has 102 valence electrons. The number of pyridine rings is 1. The Bertz CT molecular complexity index is 494. The average Bonchev–Trinajstić information content (AvgIpc) is 2.80. The molecule has 0 spiro atoms. The van der Waals surface area contributed by atoms with Crippen molar-refractivity contribution in [3.8, 4) is 0 Å². The Labute approximate surface area is 115 Å². The van der Waals surface area contributed by atoms with Gasteiger partial charge in [0.15, 0.2) is 5.15 Å². The van der Waals surface area contributed by atoms with Crippen molar-refractivity contribution in [2.24, 2.45) is 11.7 Å². The van der Waals surface area contributed by atoms with Gasteiger partial charge < -0.3 is 16.4 Å². The maximum atomic E-state index is 11.8. The normalized spacial score (nSPS) is 21.9. The topological polar surface area (TPSA) is 97.1 Å². The number of hydrogen-bond acceptors (Lipinski definition) is 3. The molecular weight excluding hydrogens is 268 g/mol. The SMILES string of the molecule is NC(=O)[C@@H]1CCC[C@@H]1NC(=O)Nc1cccnc1Cl. The first-order valence-electron chi connectivity index (χ1n) is 6.05. The van der Waals surface area contributed by atoms with Crippen molar-refractivity contribution in [3.05, 3.63) is 23.5 Å². The van der Waals surface area contributed by atoms with Crippen molar-refractivity contribution >= 4 is 29.2 Å². The third-order valence-corrected chi connectivity index (χ3v) is 3.51. The molecule has 3 amide bonds. The van der Waals surface area contributed by atoms with Crippen LogP contribution in [0.5, 0.6) is 0 Å². The van der Waals surface area contributed by atoms with Gasteiger partial charge in [-0.25, -0.2) is 9.78 Å². The lowest BCUT2D eigenvalue weighted by atomic mass is 10.0. The number of hydrogen-bond donors (Lipinski definition) is 3. The van der Waals surface area contributed by atoms with E-state index in [9.17, 15) is 9.59 Å². The van der Waals surface area contributed by atoms with E-state index < -0.39 is 6.03 Å². The van der Waals surface area contributed by atoms with Crippen molar-refractivity contribution < 1.29 is 9.59 Å². The Hall–Kier alpha value is -1.82. The molecule has 6 nitrogen and oxygen atoms in total. The van der Waals surface area contributed by atoms with E-state index in [0.29, 0.717) is 12.1 Å². The summed E-state index contributed by atoms with van der Waals surface area (Å²) in [5.74, 6) is -0.669. The predicted molar refractivity (Wildman–Crippen MR) is 71.7 cm³/mol. The molecule has 4 N–H and O–H groups in total. The van der Waals surface area contributed by atoms with Crippen LogP contribution in [0.2, 0.25) is 5.15 Å². The highest BCUT2D eigenvalue weighted by Crippen LogP contribution is 2.25. The van der Waals surface area contributed by atoms with Gasteiger partial charge in [0.05, 0.1) is 11.6 Å². The second-order valence-electron chi connectivity index (χ2n) is 4.49. The fraction of sp³-hybridized carbons (Fsp3) is 0.417. The van der Waals surface area contributed by atoms with Gasteiger partial charge in [0.25, 0.3) is 0 Å². The maximum absolute atomic E-state index is 11.8. The Kier molecular flexibility index (Phi) is 4.21. The van der Waals surface area contributed by atoms with Gasteiger partial charge in [0.2, 0.25) is 5.91 Å². The molecule has 19 heavy (non-hydrogen) atoms. The molecule has 1 aromatic heterocycles.